The van der Waals surface area contributed by atoms with Crippen molar-refractivity contribution in [3.8, 4) is 67.0 Å². The van der Waals surface area contributed by atoms with Gasteiger partial charge in [0.25, 0.3) is 0 Å². The topological polar surface area (TPSA) is 13.1 Å². The fourth-order valence-electron chi connectivity index (χ4n) is 17.3. The summed E-state index contributed by atoms with van der Waals surface area (Å²) in [4.78, 5) is 5.29. The average molecular weight is 1290 g/mol. The molecule has 100 heavy (non-hydrogen) atoms. The lowest BCUT2D eigenvalue weighted by molar-refractivity contribution is 0.591. The highest BCUT2D eigenvalue weighted by atomic mass is 32.2. The lowest BCUT2D eigenvalue weighted by Crippen LogP contribution is -2.60. The second-order valence-corrected chi connectivity index (χ2v) is 29.3. The van der Waals surface area contributed by atoms with E-state index in [1.54, 1.807) is 0 Å². The van der Waals surface area contributed by atoms with E-state index in [4.69, 9.17) is 0 Å². The number of hydrogen-bond acceptors (Lipinski definition) is 2. The molecule has 0 radical (unpaired) electrons. The predicted molar refractivity (Wildman–Crippen MR) is 423 cm³/mol. The first-order valence-electron chi connectivity index (χ1n) is 34.9. The van der Waals surface area contributed by atoms with E-state index in [1.165, 1.54) is 142 Å². The van der Waals surface area contributed by atoms with Gasteiger partial charge in [0.05, 0.1) is 33.2 Å². The van der Waals surface area contributed by atoms with E-state index in [-0.39, 0.29) is 12.1 Å². The van der Waals surface area contributed by atoms with E-state index in [2.05, 4.69) is 381 Å². The molecule has 4 heterocycles. The number of nitrogens with zero attached hydrogens (tertiary/aromatic N) is 3. The van der Waals surface area contributed by atoms with Crippen molar-refractivity contribution in [3.63, 3.8) is 0 Å². The Balaban J connectivity index is 0.910. The van der Waals surface area contributed by atoms with Gasteiger partial charge in [-0.1, -0.05) is 293 Å². The molecular weight excluding hydrogens is 1230 g/mol. The standard InChI is InChI=1S/C95H66BN3S/c1-94(2,3)69-59-75(61-28-10-4-11-29-61)92(76(60-69)62-30-12-5-13-31-62)99-87-56-65(63-47-52-85-77(54-63)72-40-23-26-44-83(72)97(85)70-36-18-8-19-37-70)46-50-81(87)96-82-51-49-80-90(74-42-22-25-43-79(74)95(80,67-32-14-6-15-33-67)68-34-16-7-17-35-68)93(82)100-89-58-66(57-88(99)91(89)96)64-48-53-86-78(55-64)73-41-24-27-45-84(73)98(86)71-38-20-9-21-39-71/h4-60H,1-3H3. The van der Waals surface area contributed by atoms with Gasteiger partial charge in [-0.3, -0.25) is 0 Å². The molecule has 2 aliphatic heterocycles. The van der Waals surface area contributed by atoms with Crippen molar-refractivity contribution in [2.75, 3.05) is 4.90 Å². The van der Waals surface area contributed by atoms with Gasteiger partial charge in [-0.05, 0) is 174 Å². The molecule has 470 valence electrons. The molecule has 0 unspecified atom stereocenters. The van der Waals surface area contributed by atoms with Crippen LogP contribution in [-0.4, -0.2) is 15.8 Å². The molecule has 1 aliphatic carbocycles. The van der Waals surface area contributed by atoms with E-state index >= 15 is 0 Å². The summed E-state index contributed by atoms with van der Waals surface area (Å²) in [5.41, 5.74) is 32.0. The highest BCUT2D eigenvalue weighted by Crippen LogP contribution is 2.60. The Morgan fingerprint density at radius 1 is 0.330 bits per heavy atom. The molecule has 0 saturated carbocycles. The van der Waals surface area contributed by atoms with Crippen LogP contribution in [0.2, 0.25) is 0 Å². The van der Waals surface area contributed by atoms with Gasteiger partial charge in [0.15, 0.2) is 0 Å². The number of rotatable bonds is 9. The molecule has 0 saturated heterocycles. The summed E-state index contributed by atoms with van der Waals surface area (Å²) in [7, 11) is 0. The summed E-state index contributed by atoms with van der Waals surface area (Å²) < 4.78 is 4.85. The first kappa shape index (κ1) is 58.3. The maximum atomic E-state index is 2.72. The third-order valence-electron chi connectivity index (χ3n) is 21.8. The highest BCUT2D eigenvalue weighted by Gasteiger charge is 2.50. The molecule has 0 atom stereocenters. The Bertz CT molecular complexity index is 6050. The molecule has 5 heteroatoms. The Labute approximate surface area is 587 Å². The third kappa shape index (κ3) is 8.74. The lowest BCUT2D eigenvalue weighted by atomic mass is 9.34. The molecule has 3 nitrogen and oxygen atoms in total. The maximum Gasteiger partial charge on any atom is 0.249 e. The normalized spacial score (nSPS) is 13.3. The van der Waals surface area contributed by atoms with Crippen LogP contribution in [0.25, 0.3) is 111 Å². The summed E-state index contributed by atoms with van der Waals surface area (Å²) in [6.07, 6.45) is 0. The SMILES string of the molecule is CC(C)(C)c1cc(-c2ccccc2)c(N2c3cc(-c4ccc5c(c4)c4ccccc4n5-c4ccccc4)ccc3B3c4ccc5c(c4Sc4cc(-c6ccc7c(c6)c6ccccc6n7-c6ccccc6)cc2c43)-c2ccccc2C5(c2ccccc2)c2ccccc2)c(-c2ccccc2)c1. The number of benzene rings is 15. The predicted octanol–water partition coefficient (Wildman–Crippen LogP) is 23.0. The fraction of sp³-hybridized carbons (Fsp3) is 0.0526. The zero-order valence-electron chi connectivity index (χ0n) is 55.7. The molecule has 0 bridgehead atoms. The summed E-state index contributed by atoms with van der Waals surface area (Å²) >= 11 is 1.97. The van der Waals surface area contributed by atoms with Crippen LogP contribution in [0.3, 0.4) is 0 Å². The molecule has 15 aromatic carbocycles. The van der Waals surface area contributed by atoms with Crippen molar-refractivity contribution in [2.45, 2.75) is 41.4 Å². The number of para-hydroxylation sites is 4. The van der Waals surface area contributed by atoms with Crippen LogP contribution in [0.5, 0.6) is 0 Å². The van der Waals surface area contributed by atoms with Crippen molar-refractivity contribution < 1.29 is 0 Å². The largest absolute Gasteiger partial charge is 0.310 e. The van der Waals surface area contributed by atoms with Gasteiger partial charge in [0, 0.05) is 70.8 Å². The Hall–Kier alpha value is -11.9. The zero-order valence-corrected chi connectivity index (χ0v) is 56.6. The van der Waals surface area contributed by atoms with Gasteiger partial charge in [-0.2, -0.15) is 0 Å². The van der Waals surface area contributed by atoms with Crippen molar-refractivity contribution in [2.24, 2.45) is 0 Å². The van der Waals surface area contributed by atoms with Crippen LogP contribution in [-0.2, 0) is 10.8 Å². The highest BCUT2D eigenvalue weighted by molar-refractivity contribution is 8.00. The van der Waals surface area contributed by atoms with Crippen molar-refractivity contribution in [3.05, 3.63) is 374 Å². The van der Waals surface area contributed by atoms with E-state index in [9.17, 15) is 0 Å². The molecule has 2 aromatic heterocycles. The monoisotopic (exact) mass is 1290 g/mol. The molecule has 17 aromatic rings. The molecule has 0 N–H and O–H groups in total. The second-order valence-electron chi connectivity index (χ2n) is 28.2. The van der Waals surface area contributed by atoms with Gasteiger partial charge in [-0.25, -0.2) is 0 Å². The first-order valence-corrected chi connectivity index (χ1v) is 35.7. The minimum absolute atomic E-state index is 0.150. The number of fused-ring (bicyclic) bond motifs is 14. The van der Waals surface area contributed by atoms with Crippen molar-refractivity contribution in [1.82, 2.24) is 9.13 Å². The Morgan fingerprint density at radius 3 is 1.34 bits per heavy atom. The van der Waals surface area contributed by atoms with Crippen LogP contribution < -0.4 is 21.3 Å². The zero-order chi connectivity index (χ0) is 66.4. The lowest BCUT2D eigenvalue weighted by Gasteiger charge is -2.43. The summed E-state index contributed by atoms with van der Waals surface area (Å²) in [5.74, 6) is 0. The Morgan fingerprint density at radius 2 is 0.780 bits per heavy atom. The van der Waals surface area contributed by atoms with Gasteiger partial charge in [0.1, 0.15) is 0 Å². The molecule has 0 fully saturated rings. The van der Waals surface area contributed by atoms with Gasteiger partial charge < -0.3 is 14.0 Å². The second kappa shape index (κ2) is 22.6. The molecule has 0 spiro atoms. The van der Waals surface area contributed by atoms with Gasteiger partial charge in [0.2, 0.25) is 6.71 Å². The number of aromatic nitrogens is 2. The van der Waals surface area contributed by atoms with Crippen molar-refractivity contribution in [1.29, 1.82) is 0 Å². The quantitative estimate of drug-likeness (QED) is 0.134. The van der Waals surface area contributed by atoms with E-state index in [1.807, 2.05) is 11.8 Å². The van der Waals surface area contributed by atoms with E-state index < -0.39 is 5.41 Å². The van der Waals surface area contributed by atoms with Crippen LogP contribution >= 0.6 is 11.8 Å². The average Bonchev–Trinajstić information content (AvgIpc) is 1.24. The first-order chi connectivity index (χ1) is 49.3. The molecule has 20 rings (SSSR count). The summed E-state index contributed by atoms with van der Waals surface area (Å²) in [6, 6.07) is 131. The van der Waals surface area contributed by atoms with Crippen molar-refractivity contribution >= 4 is 95.5 Å². The van der Waals surface area contributed by atoms with Crippen LogP contribution in [0.1, 0.15) is 48.6 Å². The van der Waals surface area contributed by atoms with Gasteiger partial charge in [-0.15, -0.1) is 0 Å². The maximum absolute atomic E-state index is 2.72. The molecule has 0 amide bonds. The third-order valence-corrected chi connectivity index (χ3v) is 23.0. The molecular formula is C95H66BN3S. The summed E-state index contributed by atoms with van der Waals surface area (Å²) in [6.45, 7) is 6.92. The smallest absolute Gasteiger partial charge is 0.249 e. The Kier molecular flexibility index (Phi) is 13.2. The number of hydrogen-bond donors (Lipinski definition) is 0. The van der Waals surface area contributed by atoms with Gasteiger partial charge >= 0.3 is 0 Å². The molecule has 3 aliphatic rings. The van der Waals surface area contributed by atoms with Crippen LogP contribution in [0, 0.1) is 0 Å². The fourth-order valence-corrected chi connectivity index (χ4v) is 18.7. The number of anilines is 3. The van der Waals surface area contributed by atoms with E-state index in [0.29, 0.717) is 0 Å². The van der Waals surface area contributed by atoms with Crippen LogP contribution in [0.15, 0.2) is 356 Å². The van der Waals surface area contributed by atoms with E-state index in [0.717, 1.165) is 39.4 Å². The minimum Gasteiger partial charge on any atom is -0.310 e. The van der Waals surface area contributed by atoms with Crippen LogP contribution in [0.4, 0.5) is 17.1 Å². The minimum atomic E-state index is -0.572. The summed E-state index contributed by atoms with van der Waals surface area (Å²) in [5, 5.41) is 4.90.